The van der Waals surface area contributed by atoms with Crippen LogP contribution in [0.2, 0.25) is 0 Å². The Kier molecular flexibility index (Phi) is 8.35. The highest BCUT2D eigenvalue weighted by Crippen LogP contribution is 2.33. The highest BCUT2D eigenvalue weighted by atomic mass is 16.5. The van der Waals surface area contributed by atoms with E-state index in [1.807, 2.05) is 85.8 Å². The summed E-state index contributed by atoms with van der Waals surface area (Å²) in [6.07, 6.45) is 0.525. The molecule has 0 spiro atoms. The number of benzene rings is 4. The summed E-state index contributed by atoms with van der Waals surface area (Å²) in [4.78, 5) is 13.6. The molecule has 5 rings (SSSR count). The lowest BCUT2D eigenvalue weighted by molar-refractivity contribution is 0.0945. The zero-order valence-electron chi connectivity index (χ0n) is 23.1. The lowest BCUT2D eigenvalue weighted by Crippen LogP contribution is -2.28. The predicted molar refractivity (Wildman–Crippen MR) is 159 cm³/mol. The topological polar surface area (TPSA) is 61.7 Å². The van der Waals surface area contributed by atoms with Gasteiger partial charge in [-0.25, -0.2) is 0 Å². The Hall–Kier alpha value is -4.71. The van der Waals surface area contributed by atoms with Gasteiger partial charge in [-0.1, -0.05) is 72.8 Å². The fourth-order valence-corrected chi connectivity index (χ4v) is 4.91. The molecule has 6 nitrogen and oxygen atoms in total. The average Bonchev–Trinajstić information content (AvgIpc) is 3.37. The summed E-state index contributed by atoms with van der Waals surface area (Å²) in [6, 6.07) is 34.0. The molecule has 0 radical (unpaired) electrons. The van der Waals surface area contributed by atoms with Gasteiger partial charge in [-0.15, -0.1) is 0 Å². The Balaban J connectivity index is 1.41. The van der Waals surface area contributed by atoms with Gasteiger partial charge >= 0.3 is 0 Å². The molecule has 0 saturated carbocycles. The number of amides is 1. The van der Waals surface area contributed by atoms with Crippen LogP contribution in [0.3, 0.4) is 0 Å². The molecule has 1 amide bonds. The van der Waals surface area contributed by atoms with Crippen LogP contribution in [-0.2, 0) is 13.0 Å². The minimum atomic E-state index is -0.136. The lowest BCUT2D eigenvalue weighted by Gasteiger charge is -2.16. The number of fused-ring (bicyclic) bond motifs is 1. The Bertz CT molecular complexity index is 1580. The first-order valence-electron chi connectivity index (χ1n) is 13.4. The van der Waals surface area contributed by atoms with Crippen molar-refractivity contribution in [3.05, 3.63) is 126 Å². The van der Waals surface area contributed by atoms with Crippen LogP contribution in [0.1, 0.15) is 40.2 Å². The summed E-state index contributed by atoms with van der Waals surface area (Å²) in [5, 5.41) is 4.02. The molecule has 0 fully saturated rings. The average molecular weight is 535 g/mol. The van der Waals surface area contributed by atoms with Crippen LogP contribution in [0.15, 0.2) is 103 Å². The summed E-state index contributed by atoms with van der Waals surface area (Å²) in [7, 11) is 3.23. The van der Waals surface area contributed by atoms with Gasteiger partial charge in [-0.2, -0.15) is 0 Å². The van der Waals surface area contributed by atoms with Gasteiger partial charge in [-0.3, -0.25) is 4.79 Å². The molecular weight excluding hydrogens is 500 g/mol. The van der Waals surface area contributed by atoms with Crippen molar-refractivity contribution in [3.8, 4) is 17.2 Å². The van der Waals surface area contributed by atoms with E-state index in [1.165, 1.54) is 0 Å². The number of nitrogens with zero attached hydrogens (tertiary/aromatic N) is 1. The van der Waals surface area contributed by atoms with Crippen molar-refractivity contribution in [2.24, 2.45) is 0 Å². The third kappa shape index (κ3) is 5.96. The molecular formula is C34H34N2O4. The summed E-state index contributed by atoms with van der Waals surface area (Å²) in [5.41, 5.74) is 4.80. The van der Waals surface area contributed by atoms with Crippen molar-refractivity contribution >= 4 is 16.8 Å². The van der Waals surface area contributed by atoms with Gasteiger partial charge in [0.2, 0.25) is 0 Å². The van der Waals surface area contributed by atoms with E-state index < -0.39 is 0 Å². The monoisotopic (exact) mass is 534 g/mol. The van der Waals surface area contributed by atoms with E-state index in [4.69, 9.17) is 14.2 Å². The molecule has 0 aliphatic rings. The Labute approximate surface area is 235 Å². The summed E-state index contributed by atoms with van der Waals surface area (Å²) < 4.78 is 19.2. The molecule has 1 N–H and O–H groups in total. The van der Waals surface area contributed by atoms with Crippen molar-refractivity contribution < 1.29 is 19.0 Å². The SMILES string of the molecule is COc1ccc(CCNC(=O)c2cc3c(OC(C)c4ccccc4)cccc3n2Cc2ccccc2)cc1OC. The van der Waals surface area contributed by atoms with E-state index in [1.54, 1.807) is 14.2 Å². The highest BCUT2D eigenvalue weighted by molar-refractivity contribution is 6.00. The summed E-state index contributed by atoms with van der Waals surface area (Å²) >= 11 is 0. The summed E-state index contributed by atoms with van der Waals surface area (Å²) in [5.74, 6) is 1.97. The van der Waals surface area contributed by atoms with Gasteiger partial charge in [0.15, 0.2) is 11.5 Å². The van der Waals surface area contributed by atoms with E-state index in [0.717, 1.165) is 33.3 Å². The lowest BCUT2D eigenvalue weighted by atomic mass is 10.1. The number of hydrogen-bond acceptors (Lipinski definition) is 4. The normalized spacial score (nSPS) is 11.7. The van der Waals surface area contributed by atoms with Crippen LogP contribution in [-0.4, -0.2) is 31.2 Å². The second-order valence-electron chi connectivity index (χ2n) is 9.66. The number of carbonyl (C=O) groups is 1. The molecule has 5 aromatic rings. The van der Waals surface area contributed by atoms with Crippen molar-refractivity contribution in [2.45, 2.75) is 26.0 Å². The number of rotatable bonds is 11. The Morgan fingerprint density at radius 2 is 1.50 bits per heavy atom. The molecule has 1 unspecified atom stereocenters. The van der Waals surface area contributed by atoms with Gasteiger partial charge in [0.05, 0.1) is 19.7 Å². The second-order valence-corrected chi connectivity index (χ2v) is 9.66. The van der Waals surface area contributed by atoms with Crippen LogP contribution in [0.4, 0.5) is 0 Å². The number of ether oxygens (including phenoxy) is 3. The molecule has 40 heavy (non-hydrogen) atoms. The molecule has 0 bridgehead atoms. The van der Waals surface area contributed by atoms with E-state index in [9.17, 15) is 4.79 Å². The Morgan fingerprint density at radius 1 is 0.775 bits per heavy atom. The Morgan fingerprint density at radius 3 is 2.23 bits per heavy atom. The van der Waals surface area contributed by atoms with Crippen LogP contribution >= 0.6 is 0 Å². The molecule has 4 aromatic carbocycles. The van der Waals surface area contributed by atoms with Crippen molar-refractivity contribution in [2.75, 3.05) is 20.8 Å². The van der Waals surface area contributed by atoms with Crippen LogP contribution in [0, 0.1) is 0 Å². The molecule has 0 aliphatic carbocycles. The number of carbonyl (C=O) groups excluding carboxylic acids is 1. The predicted octanol–water partition coefficient (Wildman–Crippen LogP) is 6.82. The molecule has 6 heteroatoms. The van der Waals surface area contributed by atoms with Crippen molar-refractivity contribution in [3.63, 3.8) is 0 Å². The van der Waals surface area contributed by atoms with Crippen LogP contribution in [0.25, 0.3) is 10.9 Å². The van der Waals surface area contributed by atoms with Gasteiger partial charge < -0.3 is 24.1 Å². The van der Waals surface area contributed by atoms with Gasteiger partial charge in [0.1, 0.15) is 17.5 Å². The fraction of sp³-hybridized carbons (Fsp3) is 0.206. The maximum atomic E-state index is 13.6. The van der Waals surface area contributed by atoms with Gasteiger partial charge in [0, 0.05) is 18.5 Å². The maximum absolute atomic E-state index is 13.6. The molecule has 0 saturated heterocycles. The second kappa shape index (κ2) is 12.4. The summed E-state index contributed by atoms with van der Waals surface area (Å²) in [6.45, 7) is 3.09. The zero-order valence-corrected chi connectivity index (χ0v) is 23.1. The third-order valence-electron chi connectivity index (χ3n) is 7.04. The highest BCUT2D eigenvalue weighted by Gasteiger charge is 2.19. The first kappa shape index (κ1) is 26.9. The molecule has 204 valence electrons. The maximum Gasteiger partial charge on any atom is 0.267 e. The number of methoxy groups -OCH3 is 2. The fourth-order valence-electron chi connectivity index (χ4n) is 4.91. The smallest absolute Gasteiger partial charge is 0.267 e. The van der Waals surface area contributed by atoms with E-state index >= 15 is 0 Å². The molecule has 1 aromatic heterocycles. The standard InChI is InChI=1S/C34H34N2O4/c1-24(27-13-8-5-9-14-27)40-31-16-10-15-29-28(31)22-30(36(29)23-26-11-6-4-7-12-26)34(37)35-20-19-25-17-18-32(38-2)33(21-25)39-3/h4-18,21-22,24H,19-20,23H2,1-3H3,(H,35,37). The number of hydrogen-bond donors (Lipinski definition) is 1. The van der Waals surface area contributed by atoms with Gasteiger partial charge in [-0.05, 0) is 60.4 Å². The minimum Gasteiger partial charge on any atom is -0.493 e. The first-order valence-corrected chi connectivity index (χ1v) is 13.4. The third-order valence-corrected chi connectivity index (χ3v) is 7.04. The first-order chi connectivity index (χ1) is 19.6. The van der Waals surface area contributed by atoms with E-state index in [0.29, 0.717) is 36.7 Å². The van der Waals surface area contributed by atoms with Gasteiger partial charge in [0.25, 0.3) is 5.91 Å². The van der Waals surface area contributed by atoms with Crippen molar-refractivity contribution in [1.82, 2.24) is 9.88 Å². The van der Waals surface area contributed by atoms with E-state index in [-0.39, 0.29) is 12.0 Å². The number of aromatic nitrogens is 1. The van der Waals surface area contributed by atoms with Crippen LogP contribution < -0.4 is 19.5 Å². The largest absolute Gasteiger partial charge is 0.493 e. The van der Waals surface area contributed by atoms with Crippen molar-refractivity contribution in [1.29, 1.82) is 0 Å². The molecule has 1 heterocycles. The van der Waals surface area contributed by atoms with E-state index in [2.05, 4.69) is 34.1 Å². The molecule has 0 aliphatic heterocycles. The molecule has 1 atom stereocenters. The quantitative estimate of drug-likeness (QED) is 0.202. The zero-order chi connectivity index (χ0) is 27.9. The number of nitrogens with one attached hydrogen (secondary N) is 1. The van der Waals surface area contributed by atoms with Crippen LogP contribution in [0.5, 0.6) is 17.2 Å². The minimum absolute atomic E-state index is 0.130.